The van der Waals surface area contributed by atoms with Crippen molar-refractivity contribution < 1.29 is 33.8 Å². The molecule has 52 heavy (non-hydrogen) atoms. The highest BCUT2D eigenvalue weighted by Gasteiger charge is 2.40. The van der Waals surface area contributed by atoms with Gasteiger partial charge in [-0.2, -0.15) is 0 Å². The maximum atomic E-state index is 13.4. The minimum absolute atomic E-state index is 0.0162. The van der Waals surface area contributed by atoms with Crippen molar-refractivity contribution in [3.05, 3.63) is 48.8 Å². The minimum atomic E-state index is -1.07. The van der Waals surface area contributed by atoms with Crippen molar-refractivity contribution in [1.29, 1.82) is 0 Å². The third-order valence-electron chi connectivity index (χ3n) is 8.24. The van der Waals surface area contributed by atoms with E-state index in [4.69, 9.17) is 20.3 Å². The molecule has 0 bridgehead atoms. The molecule has 1 aliphatic heterocycles. The Bertz CT molecular complexity index is 1100. The molecule has 12 heteroatoms. The average Bonchev–Trinajstić information content (AvgIpc) is 3.56. The van der Waals surface area contributed by atoms with Gasteiger partial charge in [0.05, 0.1) is 49.3 Å². The van der Waals surface area contributed by atoms with Gasteiger partial charge in [-0.05, 0) is 52.4 Å². The van der Waals surface area contributed by atoms with Crippen molar-refractivity contribution in [3.8, 4) is 0 Å². The maximum absolute atomic E-state index is 13.4. The van der Waals surface area contributed by atoms with Crippen molar-refractivity contribution in [3.63, 3.8) is 0 Å². The van der Waals surface area contributed by atoms with Crippen LogP contribution >= 0.6 is 0 Å². The summed E-state index contributed by atoms with van der Waals surface area (Å²) in [5.41, 5.74) is 5.98. The molecule has 0 aromatic rings. The highest BCUT2D eigenvalue weighted by Crippen LogP contribution is 2.28. The van der Waals surface area contributed by atoms with Gasteiger partial charge in [0, 0.05) is 27.8 Å². The molecule has 12 nitrogen and oxygen atoms in total. The fourth-order valence-corrected chi connectivity index (χ4v) is 5.53. The van der Waals surface area contributed by atoms with Gasteiger partial charge in [-0.1, -0.05) is 97.4 Å². The van der Waals surface area contributed by atoms with Gasteiger partial charge in [0.1, 0.15) is 5.76 Å². The first-order valence-electron chi connectivity index (χ1n) is 18.4. The molecule has 0 aromatic carbocycles. The number of amides is 4. The zero-order valence-corrected chi connectivity index (χ0v) is 34.8. The monoisotopic (exact) mass is 738 g/mol. The van der Waals surface area contributed by atoms with E-state index in [2.05, 4.69) is 51.5 Å². The summed E-state index contributed by atoms with van der Waals surface area (Å²) in [4.78, 5) is 51.5. The second-order valence-corrected chi connectivity index (χ2v) is 13.9. The standard InChI is InChI=1S/C25H48N4O5.C8H12.C4H7NO2.C3H8/c1-10-17(4)22(28(7)21(31)15-27-24(32)25(5,6)26)19(33-8)14-20(30)29-13-11-12-18(29)23(34-9)16(2)3;1-4-6-8(3)7-5-2;1-4(7)2-5-3-6;1-3-2/h16-19,22-23H,10-15,26H2,1-9H3,(H,27,32);4-7H,1H2,2-3H3;3,7H,1-2H2,(H,5,6);3H2,1-2H3/b;7-5-,8-6-;;. The Kier molecular flexibility index (Phi) is 30.5. The van der Waals surface area contributed by atoms with Crippen molar-refractivity contribution in [1.82, 2.24) is 20.4 Å². The number of carbonyl (C=O) groups is 4. The topological polar surface area (TPSA) is 164 Å². The number of rotatable bonds is 18. The van der Waals surface area contributed by atoms with Crippen molar-refractivity contribution >= 4 is 24.1 Å². The largest absolute Gasteiger partial charge is 0.511 e. The van der Waals surface area contributed by atoms with Gasteiger partial charge in [-0.25, -0.2) is 0 Å². The van der Waals surface area contributed by atoms with Crippen LogP contribution in [0.3, 0.4) is 0 Å². The molecule has 0 radical (unpaired) electrons. The number of hydrogen-bond donors (Lipinski definition) is 4. The molecule has 0 aliphatic carbocycles. The number of nitrogens with one attached hydrogen (secondary N) is 2. The zero-order valence-electron chi connectivity index (χ0n) is 34.8. The third-order valence-corrected chi connectivity index (χ3v) is 8.24. The average molecular weight is 738 g/mol. The van der Waals surface area contributed by atoms with E-state index in [1.54, 1.807) is 46.1 Å². The number of likely N-dealkylation sites (N-methyl/N-ethyl adjacent to an activating group) is 1. The molecule has 0 spiro atoms. The van der Waals surface area contributed by atoms with Gasteiger partial charge in [0.25, 0.3) is 0 Å². The van der Waals surface area contributed by atoms with Crippen LogP contribution in [0.5, 0.6) is 0 Å². The Labute approximate surface area is 316 Å². The van der Waals surface area contributed by atoms with Crippen molar-refractivity contribution in [2.24, 2.45) is 17.6 Å². The van der Waals surface area contributed by atoms with E-state index in [0.717, 1.165) is 19.3 Å². The molecule has 0 saturated carbocycles. The number of aliphatic hydroxyl groups excluding tert-OH is 1. The predicted octanol–water partition coefficient (Wildman–Crippen LogP) is 5.70. The summed E-state index contributed by atoms with van der Waals surface area (Å²) in [5, 5.41) is 13.1. The molecule has 1 heterocycles. The fraction of sp³-hybridized carbons (Fsp3) is 0.700. The number of likely N-dealkylation sites (tertiary alicyclic amines) is 1. The molecular formula is C40H75N5O7. The maximum Gasteiger partial charge on any atom is 0.242 e. The van der Waals surface area contributed by atoms with E-state index >= 15 is 0 Å². The Morgan fingerprint density at radius 3 is 2.08 bits per heavy atom. The SMILES string of the molecule is C=C(O)CNC=O.C=C/C=C(C)\C=C/C.CCC.CCC(C)C(C(CC(=O)N1CCCC1C(OC)C(C)C)OC)N(C)C(=O)CNC(=O)C(C)(C)N. The second kappa shape index (κ2) is 30.0. The number of nitrogens with zero attached hydrogens (tertiary/aromatic N) is 2. The van der Waals surface area contributed by atoms with Crippen LogP contribution in [0.25, 0.3) is 0 Å². The summed E-state index contributed by atoms with van der Waals surface area (Å²) < 4.78 is 11.5. The number of hydrogen-bond acceptors (Lipinski definition) is 8. The Hall–Kier alpha value is -3.48. The number of aliphatic hydroxyl groups is 1. The molecule has 1 fully saturated rings. The lowest BCUT2D eigenvalue weighted by atomic mass is 9.90. The van der Waals surface area contributed by atoms with E-state index in [1.165, 1.54) is 12.0 Å². The second-order valence-electron chi connectivity index (χ2n) is 13.9. The summed E-state index contributed by atoms with van der Waals surface area (Å²) in [5.74, 6) is -0.282. The summed E-state index contributed by atoms with van der Waals surface area (Å²) in [6, 6.07) is -0.273. The Balaban J connectivity index is -0.00000109. The Morgan fingerprint density at radius 1 is 1.12 bits per heavy atom. The highest BCUT2D eigenvalue weighted by atomic mass is 16.5. The van der Waals surface area contributed by atoms with Crippen LogP contribution in [0.15, 0.2) is 48.8 Å². The molecule has 4 amide bonds. The zero-order chi connectivity index (χ0) is 41.0. The highest BCUT2D eigenvalue weighted by molar-refractivity contribution is 5.89. The lowest BCUT2D eigenvalue weighted by Crippen LogP contribution is -2.55. The van der Waals surface area contributed by atoms with Gasteiger partial charge in [-0.3, -0.25) is 19.2 Å². The van der Waals surface area contributed by atoms with Crippen LogP contribution in [0, 0.1) is 11.8 Å². The summed E-state index contributed by atoms with van der Waals surface area (Å²) >= 11 is 0. The summed E-state index contributed by atoms with van der Waals surface area (Å²) in [6.07, 6.45) is 11.9. The number of methoxy groups -OCH3 is 2. The molecule has 1 rings (SSSR count). The van der Waals surface area contributed by atoms with E-state index < -0.39 is 17.6 Å². The van der Waals surface area contributed by atoms with Crippen LogP contribution in [0.1, 0.15) is 101 Å². The normalized spacial score (nSPS) is 16.4. The number of ether oxygens (including phenoxy) is 2. The molecule has 5 N–H and O–H groups in total. The van der Waals surface area contributed by atoms with Crippen LogP contribution in [-0.2, 0) is 28.7 Å². The molecule has 5 unspecified atom stereocenters. The van der Waals surface area contributed by atoms with Crippen LogP contribution in [0.2, 0.25) is 0 Å². The first-order valence-corrected chi connectivity index (χ1v) is 18.4. The number of nitrogens with two attached hydrogens (primary N) is 1. The minimum Gasteiger partial charge on any atom is -0.511 e. The van der Waals surface area contributed by atoms with Crippen molar-refractivity contribution in [2.45, 2.75) is 131 Å². The molecule has 1 aliphatic rings. The van der Waals surface area contributed by atoms with Crippen LogP contribution < -0.4 is 16.4 Å². The molecular weight excluding hydrogens is 662 g/mol. The summed E-state index contributed by atoms with van der Waals surface area (Å²) in [6.45, 7) is 27.2. The number of allylic oxidation sites excluding steroid dienone is 5. The summed E-state index contributed by atoms with van der Waals surface area (Å²) in [7, 11) is 4.99. The van der Waals surface area contributed by atoms with Crippen molar-refractivity contribution in [2.75, 3.05) is 40.9 Å². The lowest BCUT2D eigenvalue weighted by molar-refractivity contribution is -0.144. The van der Waals surface area contributed by atoms with Crippen LogP contribution in [-0.4, -0.2) is 110 Å². The van der Waals surface area contributed by atoms with Gasteiger partial charge in [0.15, 0.2) is 0 Å². The van der Waals surface area contributed by atoms with Gasteiger partial charge in [0.2, 0.25) is 24.1 Å². The molecule has 0 aromatic heterocycles. The fourth-order valence-electron chi connectivity index (χ4n) is 5.53. The lowest BCUT2D eigenvalue weighted by Gasteiger charge is -2.39. The molecule has 1 saturated heterocycles. The smallest absolute Gasteiger partial charge is 0.242 e. The van der Waals surface area contributed by atoms with E-state index in [9.17, 15) is 19.2 Å². The molecule has 302 valence electrons. The van der Waals surface area contributed by atoms with Gasteiger partial charge in [-0.15, -0.1) is 0 Å². The predicted molar refractivity (Wildman–Crippen MR) is 214 cm³/mol. The van der Waals surface area contributed by atoms with E-state index in [-0.39, 0.29) is 61.2 Å². The van der Waals surface area contributed by atoms with E-state index in [1.807, 2.05) is 50.8 Å². The Morgan fingerprint density at radius 2 is 1.69 bits per heavy atom. The quantitative estimate of drug-likeness (QED) is 0.0792. The number of carbonyl (C=O) groups excluding carboxylic acids is 4. The molecule has 5 atom stereocenters. The third kappa shape index (κ3) is 22.5. The van der Waals surface area contributed by atoms with E-state index in [0.29, 0.717) is 18.9 Å². The van der Waals surface area contributed by atoms with Gasteiger partial charge < -0.3 is 40.7 Å². The van der Waals surface area contributed by atoms with Gasteiger partial charge >= 0.3 is 0 Å². The van der Waals surface area contributed by atoms with Crippen LogP contribution in [0.4, 0.5) is 0 Å². The first-order chi connectivity index (χ1) is 24.3. The first kappa shape index (κ1) is 52.9.